The predicted octanol–water partition coefficient (Wildman–Crippen LogP) is 1.10. The summed E-state index contributed by atoms with van der Waals surface area (Å²) in [5, 5.41) is 12.7. The van der Waals surface area contributed by atoms with Gasteiger partial charge in [0, 0.05) is 57.5 Å². The van der Waals surface area contributed by atoms with E-state index in [0.29, 0.717) is 36.3 Å². The average Bonchev–Trinajstić information content (AvgIpc) is 3.31. The van der Waals surface area contributed by atoms with Crippen molar-refractivity contribution >= 4 is 27.2 Å². The molecular weight excluding hydrogens is 444 g/mol. The summed E-state index contributed by atoms with van der Waals surface area (Å²) in [6.07, 6.45) is 7.66. The second-order valence-electron chi connectivity index (χ2n) is 9.44. The van der Waals surface area contributed by atoms with E-state index in [4.69, 9.17) is 0 Å². The molecule has 1 amide bonds. The molecule has 9 nitrogen and oxygen atoms in total. The van der Waals surface area contributed by atoms with Crippen LogP contribution in [0.2, 0.25) is 0 Å². The summed E-state index contributed by atoms with van der Waals surface area (Å²) in [5.41, 5.74) is 4.39. The summed E-state index contributed by atoms with van der Waals surface area (Å²) in [6, 6.07) is 1.90. The second kappa shape index (κ2) is 7.79. The summed E-state index contributed by atoms with van der Waals surface area (Å²) in [6.45, 7) is 2.49. The van der Waals surface area contributed by atoms with Crippen molar-refractivity contribution in [3.8, 4) is 0 Å². The number of carbonyl (C=O) groups is 1. The van der Waals surface area contributed by atoms with E-state index in [9.17, 15) is 23.1 Å². The van der Waals surface area contributed by atoms with Gasteiger partial charge in [0.25, 0.3) is 5.56 Å². The molecule has 1 fully saturated rings. The van der Waals surface area contributed by atoms with Gasteiger partial charge in [-0.2, -0.15) is 0 Å². The van der Waals surface area contributed by atoms with E-state index < -0.39 is 15.9 Å². The van der Waals surface area contributed by atoms with Gasteiger partial charge >= 0.3 is 6.09 Å². The molecule has 1 aromatic heterocycles. The SMILES string of the molecule is Cn1ccc2c(c1=O)C1=C3C(=CN(CC4CCN(C(=O)O)C4)C3CCN1)C=C2CS(C)(=O)=O. The van der Waals surface area contributed by atoms with Crippen LogP contribution in [0.15, 0.2) is 40.5 Å². The highest BCUT2D eigenvalue weighted by atomic mass is 32.2. The van der Waals surface area contributed by atoms with Crippen molar-refractivity contribution < 1.29 is 18.3 Å². The molecule has 3 aliphatic heterocycles. The number of pyridine rings is 1. The van der Waals surface area contributed by atoms with Crippen molar-refractivity contribution in [2.45, 2.75) is 18.9 Å². The first kappa shape index (κ1) is 21.8. The fourth-order valence-electron chi connectivity index (χ4n) is 5.52. The Morgan fingerprint density at radius 3 is 2.79 bits per heavy atom. The van der Waals surface area contributed by atoms with Crippen LogP contribution in [-0.4, -0.2) is 78.2 Å². The molecule has 1 saturated heterocycles. The Morgan fingerprint density at radius 1 is 1.30 bits per heavy atom. The average molecular weight is 473 g/mol. The molecular formula is C23H28N4O5S. The van der Waals surface area contributed by atoms with E-state index in [1.54, 1.807) is 13.2 Å². The van der Waals surface area contributed by atoms with Gasteiger partial charge in [-0.05, 0) is 47.6 Å². The largest absolute Gasteiger partial charge is 0.465 e. The van der Waals surface area contributed by atoms with Gasteiger partial charge in [-0.1, -0.05) is 0 Å². The topological polar surface area (TPSA) is 112 Å². The van der Waals surface area contributed by atoms with E-state index in [1.165, 1.54) is 15.7 Å². The van der Waals surface area contributed by atoms with Crippen molar-refractivity contribution in [2.24, 2.45) is 13.0 Å². The first-order chi connectivity index (χ1) is 15.6. The summed E-state index contributed by atoms with van der Waals surface area (Å²) in [4.78, 5) is 28.3. The smallest absolute Gasteiger partial charge is 0.407 e. The molecule has 5 rings (SSSR count). The van der Waals surface area contributed by atoms with Crippen LogP contribution < -0.4 is 10.9 Å². The fraction of sp³-hybridized carbons (Fsp3) is 0.478. The third-order valence-electron chi connectivity index (χ3n) is 6.98. The lowest BCUT2D eigenvalue weighted by atomic mass is 9.92. The van der Waals surface area contributed by atoms with Crippen LogP contribution in [0.25, 0.3) is 11.3 Å². The molecule has 1 aliphatic carbocycles. The van der Waals surface area contributed by atoms with Gasteiger partial charge in [0.05, 0.1) is 23.1 Å². The molecule has 0 spiro atoms. The van der Waals surface area contributed by atoms with Crippen molar-refractivity contribution in [1.29, 1.82) is 0 Å². The van der Waals surface area contributed by atoms with E-state index >= 15 is 0 Å². The molecule has 2 N–H and O–H groups in total. The standard InChI is InChI=1S/C23H28N4O5S/c1-25-7-5-17-16(13-33(2,31)32)9-15-12-27(11-14-4-8-26(10-14)23(29)30)18-3-6-24-21(19(15)18)20(17)22(25)28/h5,7,9,12,14,18,24H,3-4,6,8,10-11,13H2,1-2H3,(H,29,30). The summed E-state index contributed by atoms with van der Waals surface area (Å²) < 4.78 is 26.0. The van der Waals surface area contributed by atoms with Gasteiger partial charge in [0.15, 0.2) is 9.84 Å². The number of amides is 1. The lowest BCUT2D eigenvalue weighted by molar-refractivity contribution is 0.152. The molecule has 10 heteroatoms. The zero-order chi connectivity index (χ0) is 23.5. The molecule has 0 saturated carbocycles. The highest BCUT2D eigenvalue weighted by Gasteiger charge is 2.39. The summed E-state index contributed by atoms with van der Waals surface area (Å²) in [7, 11) is -1.62. The van der Waals surface area contributed by atoms with Crippen molar-refractivity contribution in [2.75, 3.05) is 38.2 Å². The Balaban J connectivity index is 1.60. The Labute approximate surface area is 192 Å². The molecule has 0 bridgehead atoms. The summed E-state index contributed by atoms with van der Waals surface area (Å²) >= 11 is 0. The first-order valence-corrected chi connectivity index (χ1v) is 13.2. The van der Waals surface area contributed by atoms with E-state index in [1.807, 2.05) is 12.1 Å². The lowest BCUT2D eigenvalue weighted by Gasteiger charge is -2.33. The highest BCUT2D eigenvalue weighted by molar-refractivity contribution is 7.91. The molecule has 4 heterocycles. The van der Waals surface area contributed by atoms with Gasteiger partial charge in [-0.25, -0.2) is 13.2 Å². The van der Waals surface area contributed by atoms with Crippen molar-refractivity contribution in [3.63, 3.8) is 0 Å². The molecule has 2 unspecified atom stereocenters. The van der Waals surface area contributed by atoms with Gasteiger partial charge in [0.1, 0.15) is 0 Å². The van der Waals surface area contributed by atoms with Crippen LogP contribution in [0.4, 0.5) is 4.79 Å². The van der Waals surface area contributed by atoms with Crippen LogP contribution in [0.1, 0.15) is 24.0 Å². The number of rotatable bonds is 4. The maximum Gasteiger partial charge on any atom is 0.407 e. The maximum atomic E-state index is 13.2. The van der Waals surface area contributed by atoms with Crippen LogP contribution in [0.5, 0.6) is 0 Å². The molecule has 176 valence electrons. The number of fused-ring (bicyclic) bond motifs is 2. The Morgan fingerprint density at radius 2 is 2.09 bits per heavy atom. The second-order valence-corrected chi connectivity index (χ2v) is 11.6. The van der Waals surface area contributed by atoms with Gasteiger partial charge in [-0.15, -0.1) is 0 Å². The number of nitrogens with zero attached hydrogens (tertiary/aromatic N) is 3. The van der Waals surface area contributed by atoms with Crippen LogP contribution in [0.3, 0.4) is 0 Å². The minimum absolute atomic E-state index is 0.0710. The number of hydrogen-bond donors (Lipinski definition) is 2. The first-order valence-electron chi connectivity index (χ1n) is 11.1. The lowest BCUT2D eigenvalue weighted by Crippen LogP contribution is -2.40. The quantitative estimate of drug-likeness (QED) is 0.675. The third-order valence-corrected chi connectivity index (χ3v) is 7.81. The van der Waals surface area contributed by atoms with E-state index in [0.717, 1.165) is 36.2 Å². The van der Waals surface area contributed by atoms with E-state index in [2.05, 4.69) is 16.4 Å². The minimum atomic E-state index is -3.32. The third kappa shape index (κ3) is 3.86. The van der Waals surface area contributed by atoms with Crippen molar-refractivity contribution in [3.05, 3.63) is 57.2 Å². The number of likely N-dealkylation sites (tertiary alicyclic amines) is 1. The van der Waals surface area contributed by atoms with Gasteiger partial charge < -0.3 is 24.8 Å². The Kier molecular flexibility index (Phi) is 5.15. The zero-order valence-corrected chi connectivity index (χ0v) is 19.6. The number of hydrogen-bond acceptors (Lipinski definition) is 6. The summed E-state index contributed by atoms with van der Waals surface area (Å²) in [5.74, 6) is 0.0882. The number of aryl methyl sites for hydroxylation is 1. The monoisotopic (exact) mass is 472 g/mol. The van der Waals surface area contributed by atoms with Crippen LogP contribution in [-0.2, 0) is 16.9 Å². The van der Waals surface area contributed by atoms with Gasteiger partial charge in [-0.3, -0.25) is 4.79 Å². The Bertz CT molecular complexity index is 1290. The predicted molar refractivity (Wildman–Crippen MR) is 125 cm³/mol. The zero-order valence-electron chi connectivity index (χ0n) is 18.7. The normalized spacial score (nSPS) is 24.1. The van der Waals surface area contributed by atoms with E-state index in [-0.39, 0.29) is 23.3 Å². The van der Waals surface area contributed by atoms with Crippen LogP contribution in [0, 0.1) is 5.92 Å². The molecule has 4 aliphatic rings. The fourth-order valence-corrected chi connectivity index (χ4v) is 6.33. The molecule has 2 atom stereocenters. The minimum Gasteiger partial charge on any atom is -0.465 e. The number of sulfone groups is 1. The molecule has 1 aromatic rings. The number of nitrogens with one attached hydrogen (secondary N) is 1. The highest BCUT2D eigenvalue weighted by Crippen LogP contribution is 2.43. The molecule has 0 aromatic carbocycles. The van der Waals surface area contributed by atoms with Crippen LogP contribution >= 0.6 is 0 Å². The molecule has 33 heavy (non-hydrogen) atoms. The Hall–Kier alpha value is -3.01. The van der Waals surface area contributed by atoms with Crippen molar-refractivity contribution in [1.82, 2.24) is 19.7 Å². The number of carboxylic acid groups (broad SMARTS) is 1. The van der Waals surface area contributed by atoms with Gasteiger partial charge in [0.2, 0.25) is 0 Å². The number of allylic oxidation sites excluding steroid dienone is 1. The maximum absolute atomic E-state index is 13.2. The number of aromatic nitrogens is 1. The molecule has 0 radical (unpaired) electrons.